The van der Waals surface area contributed by atoms with Crippen molar-refractivity contribution < 1.29 is 0 Å². The molecule has 2 N–H and O–H groups in total. The van der Waals surface area contributed by atoms with Gasteiger partial charge in [-0.2, -0.15) is 0 Å². The molecule has 2 aromatic rings. The lowest BCUT2D eigenvalue weighted by Crippen LogP contribution is -2.24. The molecular formula is C16H19N3. The molecule has 19 heavy (non-hydrogen) atoms. The third-order valence-corrected chi connectivity index (χ3v) is 3.99. The van der Waals surface area contributed by atoms with Crippen molar-refractivity contribution in [3.8, 4) is 0 Å². The Morgan fingerprint density at radius 1 is 1.26 bits per heavy atom. The van der Waals surface area contributed by atoms with Gasteiger partial charge >= 0.3 is 0 Å². The van der Waals surface area contributed by atoms with E-state index in [0.717, 1.165) is 24.1 Å². The number of rotatable bonds is 2. The monoisotopic (exact) mass is 253 g/mol. The second-order valence-electron chi connectivity index (χ2n) is 5.31. The molecule has 0 spiro atoms. The normalized spacial score (nSPS) is 19.8. The van der Waals surface area contributed by atoms with Gasteiger partial charge in [-0.05, 0) is 49.4 Å². The fourth-order valence-electron chi connectivity index (χ4n) is 2.90. The number of aryl methyl sites for hydroxylation is 2. The molecule has 0 radical (unpaired) electrons. The number of hydrogen-bond donors (Lipinski definition) is 1. The molecule has 1 aliphatic carbocycles. The molecule has 3 nitrogen and oxygen atoms in total. The maximum atomic E-state index is 6.45. The predicted octanol–water partition coefficient (Wildman–Crippen LogP) is 2.90. The van der Waals surface area contributed by atoms with Gasteiger partial charge in [0.15, 0.2) is 0 Å². The van der Waals surface area contributed by atoms with Crippen LogP contribution in [-0.2, 0) is 6.42 Å². The summed E-state index contributed by atoms with van der Waals surface area (Å²) in [6.45, 7) is 1.99. The number of pyridine rings is 2. The van der Waals surface area contributed by atoms with E-state index in [9.17, 15) is 0 Å². The Balaban J connectivity index is 1.92. The lowest BCUT2D eigenvalue weighted by Gasteiger charge is -2.29. The zero-order valence-electron chi connectivity index (χ0n) is 11.2. The molecule has 0 amide bonds. The summed E-state index contributed by atoms with van der Waals surface area (Å²) in [5, 5.41) is 0. The Morgan fingerprint density at radius 3 is 2.95 bits per heavy atom. The van der Waals surface area contributed by atoms with E-state index in [1.54, 1.807) is 0 Å². The minimum absolute atomic E-state index is 0.0120. The molecule has 0 aromatic carbocycles. The molecule has 1 aliphatic rings. The smallest absolute Gasteiger partial charge is 0.0485 e. The van der Waals surface area contributed by atoms with Gasteiger partial charge in [0.25, 0.3) is 0 Å². The van der Waals surface area contributed by atoms with Gasteiger partial charge in [-0.25, -0.2) is 0 Å². The van der Waals surface area contributed by atoms with Crippen molar-refractivity contribution in [3.05, 3.63) is 59.2 Å². The molecule has 98 valence electrons. The van der Waals surface area contributed by atoms with Gasteiger partial charge in [0, 0.05) is 35.7 Å². The highest BCUT2D eigenvalue weighted by atomic mass is 14.8. The molecule has 2 heterocycles. The molecule has 3 rings (SSSR count). The molecule has 0 saturated carbocycles. The summed E-state index contributed by atoms with van der Waals surface area (Å²) in [7, 11) is 0. The highest BCUT2D eigenvalue weighted by Crippen LogP contribution is 2.37. The Bertz CT molecular complexity index is 562. The van der Waals surface area contributed by atoms with Crippen molar-refractivity contribution in [1.82, 2.24) is 9.97 Å². The first-order valence-corrected chi connectivity index (χ1v) is 6.87. The summed E-state index contributed by atoms with van der Waals surface area (Å²) in [6.07, 6.45) is 7.20. The molecule has 0 saturated heterocycles. The van der Waals surface area contributed by atoms with Crippen molar-refractivity contribution in [3.63, 3.8) is 0 Å². The van der Waals surface area contributed by atoms with E-state index in [-0.39, 0.29) is 6.04 Å². The van der Waals surface area contributed by atoms with Gasteiger partial charge < -0.3 is 5.73 Å². The fraction of sp³-hybridized carbons (Fsp3) is 0.375. The number of nitrogens with zero attached hydrogens (tertiary/aromatic N) is 2. The maximum absolute atomic E-state index is 6.45. The molecule has 0 fully saturated rings. The average molecular weight is 253 g/mol. The van der Waals surface area contributed by atoms with Crippen molar-refractivity contribution in [2.45, 2.75) is 38.1 Å². The van der Waals surface area contributed by atoms with E-state index >= 15 is 0 Å². The van der Waals surface area contributed by atoms with Crippen LogP contribution in [0.3, 0.4) is 0 Å². The van der Waals surface area contributed by atoms with Crippen molar-refractivity contribution in [1.29, 1.82) is 0 Å². The molecular weight excluding hydrogens is 234 g/mol. The minimum Gasteiger partial charge on any atom is -0.323 e. The maximum Gasteiger partial charge on any atom is 0.0485 e. The second kappa shape index (κ2) is 5.10. The van der Waals surface area contributed by atoms with Crippen molar-refractivity contribution in [2.75, 3.05) is 0 Å². The Morgan fingerprint density at radius 2 is 2.16 bits per heavy atom. The number of fused-ring (bicyclic) bond motifs is 1. The van der Waals surface area contributed by atoms with Crippen LogP contribution in [0.5, 0.6) is 0 Å². The van der Waals surface area contributed by atoms with E-state index < -0.39 is 0 Å². The van der Waals surface area contributed by atoms with Crippen LogP contribution in [0.4, 0.5) is 0 Å². The van der Waals surface area contributed by atoms with Crippen LogP contribution in [-0.4, -0.2) is 9.97 Å². The molecule has 2 atom stereocenters. The van der Waals surface area contributed by atoms with E-state index in [1.165, 1.54) is 17.7 Å². The van der Waals surface area contributed by atoms with Crippen LogP contribution < -0.4 is 5.73 Å². The number of hydrogen-bond acceptors (Lipinski definition) is 3. The van der Waals surface area contributed by atoms with Crippen LogP contribution in [0.2, 0.25) is 0 Å². The molecule has 3 heteroatoms. The summed E-state index contributed by atoms with van der Waals surface area (Å²) in [6, 6.07) is 8.29. The number of nitrogens with two attached hydrogens (primary N) is 1. The zero-order valence-corrected chi connectivity index (χ0v) is 11.2. The van der Waals surface area contributed by atoms with Gasteiger partial charge in [-0.3, -0.25) is 9.97 Å². The van der Waals surface area contributed by atoms with Crippen LogP contribution in [0, 0.1) is 6.92 Å². The van der Waals surface area contributed by atoms with Gasteiger partial charge in [0.1, 0.15) is 0 Å². The Kier molecular flexibility index (Phi) is 3.30. The topological polar surface area (TPSA) is 51.8 Å². The summed E-state index contributed by atoms with van der Waals surface area (Å²) in [5.74, 6) is 0.314. The molecule has 0 bridgehead atoms. The first-order valence-electron chi connectivity index (χ1n) is 6.87. The van der Waals surface area contributed by atoms with Gasteiger partial charge in [0.2, 0.25) is 0 Å². The largest absolute Gasteiger partial charge is 0.323 e. The van der Waals surface area contributed by atoms with E-state index in [1.807, 2.05) is 31.5 Å². The lowest BCUT2D eigenvalue weighted by molar-refractivity contribution is 0.462. The van der Waals surface area contributed by atoms with Crippen molar-refractivity contribution >= 4 is 0 Å². The van der Waals surface area contributed by atoms with E-state index in [0.29, 0.717) is 5.92 Å². The summed E-state index contributed by atoms with van der Waals surface area (Å²) in [4.78, 5) is 8.92. The van der Waals surface area contributed by atoms with Crippen LogP contribution >= 0.6 is 0 Å². The SMILES string of the molecule is Cc1ccc(C(N)C2CCCc3cccnc32)cn1. The van der Waals surface area contributed by atoms with Crippen LogP contribution in [0.1, 0.15) is 47.3 Å². The molecule has 0 aliphatic heterocycles. The second-order valence-corrected chi connectivity index (χ2v) is 5.31. The van der Waals surface area contributed by atoms with Crippen LogP contribution in [0.25, 0.3) is 0 Å². The first-order chi connectivity index (χ1) is 9.25. The summed E-state index contributed by atoms with van der Waals surface area (Å²) >= 11 is 0. The zero-order chi connectivity index (χ0) is 13.2. The third kappa shape index (κ3) is 2.38. The fourth-order valence-corrected chi connectivity index (χ4v) is 2.90. The Hall–Kier alpha value is -1.74. The third-order valence-electron chi connectivity index (χ3n) is 3.99. The molecule has 2 unspecified atom stereocenters. The van der Waals surface area contributed by atoms with Crippen LogP contribution in [0.15, 0.2) is 36.7 Å². The van der Waals surface area contributed by atoms with E-state index in [4.69, 9.17) is 5.73 Å². The first kappa shape index (κ1) is 12.3. The van der Waals surface area contributed by atoms with Gasteiger partial charge in [-0.1, -0.05) is 12.1 Å². The quantitative estimate of drug-likeness (QED) is 0.895. The van der Waals surface area contributed by atoms with Crippen molar-refractivity contribution in [2.24, 2.45) is 5.73 Å². The highest BCUT2D eigenvalue weighted by molar-refractivity contribution is 5.30. The van der Waals surface area contributed by atoms with E-state index in [2.05, 4.69) is 22.1 Å². The highest BCUT2D eigenvalue weighted by Gasteiger charge is 2.27. The summed E-state index contributed by atoms with van der Waals surface area (Å²) in [5.41, 5.74) is 11.1. The average Bonchev–Trinajstić information content (AvgIpc) is 2.47. The standard InChI is InChI=1S/C16H19N3/c1-11-7-8-13(10-19-11)15(17)14-6-2-4-12-5-3-9-18-16(12)14/h3,5,7-10,14-15H,2,4,6,17H2,1H3. The van der Waals surface area contributed by atoms with Gasteiger partial charge in [0.05, 0.1) is 0 Å². The number of aromatic nitrogens is 2. The van der Waals surface area contributed by atoms with Gasteiger partial charge in [-0.15, -0.1) is 0 Å². The predicted molar refractivity (Wildman–Crippen MR) is 75.8 cm³/mol. The summed E-state index contributed by atoms with van der Waals surface area (Å²) < 4.78 is 0. The minimum atomic E-state index is -0.0120. The molecule has 2 aromatic heterocycles. The Labute approximate surface area is 113 Å². The lowest BCUT2D eigenvalue weighted by atomic mass is 9.80.